The Labute approximate surface area is 126 Å². The maximum absolute atomic E-state index is 11.6. The molecule has 0 spiro atoms. The van der Waals surface area contributed by atoms with E-state index in [0.29, 0.717) is 25.4 Å². The van der Waals surface area contributed by atoms with Gasteiger partial charge in [-0.25, -0.2) is 4.79 Å². The maximum atomic E-state index is 11.6. The third-order valence-electron chi connectivity index (χ3n) is 2.94. The minimum Gasteiger partial charge on any atom is -0.490 e. The first-order valence-electron chi connectivity index (χ1n) is 7.21. The van der Waals surface area contributed by atoms with E-state index in [9.17, 15) is 4.79 Å². The monoisotopic (exact) mass is 295 g/mol. The van der Waals surface area contributed by atoms with Gasteiger partial charge in [0.25, 0.3) is 0 Å². The van der Waals surface area contributed by atoms with Gasteiger partial charge in [-0.1, -0.05) is 13.3 Å². The number of rotatable bonds is 8. The molecule has 0 saturated heterocycles. The number of nitrogens with two attached hydrogens (primary N) is 1. The van der Waals surface area contributed by atoms with Crippen LogP contribution in [0.25, 0.3) is 0 Å². The Morgan fingerprint density at radius 1 is 1.48 bits per heavy atom. The Balaban J connectivity index is 2.29. The van der Waals surface area contributed by atoms with Crippen LogP contribution in [-0.2, 0) is 11.3 Å². The summed E-state index contributed by atoms with van der Waals surface area (Å²) in [6.45, 7) is 6.94. The van der Waals surface area contributed by atoms with Gasteiger partial charge in [0.2, 0.25) is 0 Å². The zero-order valence-electron chi connectivity index (χ0n) is 13.0. The summed E-state index contributed by atoms with van der Waals surface area (Å²) in [7, 11) is 0. The molecule has 0 aliphatic carbocycles. The van der Waals surface area contributed by atoms with Gasteiger partial charge in [-0.15, -0.1) is 0 Å². The van der Waals surface area contributed by atoms with E-state index in [-0.39, 0.29) is 0 Å². The first-order chi connectivity index (χ1) is 9.98. The Morgan fingerprint density at radius 2 is 2.24 bits per heavy atom. The summed E-state index contributed by atoms with van der Waals surface area (Å²) in [4.78, 5) is 15.6. The van der Waals surface area contributed by atoms with Gasteiger partial charge in [0.1, 0.15) is 18.0 Å². The summed E-state index contributed by atoms with van der Waals surface area (Å²) in [6.07, 6.45) is 4.65. The Hall–Kier alpha value is -1.82. The first kappa shape index (κ1) is 17.2. The summed E-state index contributed by atoms with van der Waals surface area (Å²) in [5, 5.41) is 2.67. The van der Waals surface area contributed by atoms with Crippen molar-refractivity contribution in [3.05, 3.63) is 24.0 Å². The Bertz CT molecular complexity index is 450. The number of carbonyl (C=O) groups excluding carboxylic acids is 1. The number of alkyl carbamates (subject to hydrolysis) is 1. The van der Waals surface area contributed by atoms with Crippen molar-refractivity contribution in [2.24, 2.45) is 5.73 Å². The average molecular weight is 295 g/mol. The summed E-state index contributed by atoms with van der Waals surface area (Å²) in [5.74, 6) is 0.640. The second-order valence-corrected chi connectivity index (χ2v) is 5.36. The molecule has 0 aromatic carbocycles. The second-order valence-electron chi connectivity index (χ2n) is 5.36. The Morgan fingerprint density at radius 3 is 2.90 bits per heavy atom. The topological polar surface area (TPSA) is 86.5 Å². The molecule has 1 heterocycles. The van der Waals surface area contributed by atoms with Crippen molar-refractivity contribution in [3.63, 3.8) is 0 Å². The van der Waals surface area contributed by atoms with E-state index < -0.39 is 11.7 Å². The molecule has 1 aromatic rings. The number of nitrogens with one attached hydrogen (secondary N) is 1. The third kappa shape index (κ3) is 6.44. The number of ether oxygens (including phenoxy) is 2. The molecule has 0 saturated carbocycles. The number of nitrogens with zero attached hydrogens (tertiary/aromatic N) is 1. The van der Waals surface area contributed by atoms with Crippen LogP contribution in [0.4, 0.5) is 4.79 Å². The zero-order valence-corrected chi connectivity index (χ0v) is 13.0. The normalized spacial score (nSPS) is 11.0. The molecule has 6 nitrogen and oxygen atoms in total. The van der Waals surface area contributed by atoms with Crippen LogP contribution < -0.4 is 15.8 Å². The lowest BCUT2D eigenvalue weighted by Gasteiger charge is -2.24. The average Bonchev–Trinajstić information content (AvgIpc) is 2.43. The molecule has 0 atom stereocenters. The lowest BCUT2D eigenvalue weighted by Crippen LogP contribution is -2.36. The molecule has 0 unspecified atom stereocenters. The highest BCUT2D eigenvalue weighted by Crippen LogP contribution is 2.16. The van der Waals surface area contributed by atoms with Crippen LogP contribution in [0.2, 0.25) is 0 Å². The predicted octanol–water partition coefficient (Wildman–Crippen LogP) is 2.22. The van der Waals surface area contributed by atoms with E-state index in [2.05, 4.69) is 17.2 Å². The predicted molar refractivity (Wildman–Crippen MR) is 81.1 cm³/mol. The molecule has 1 amide bonds. The van der Waals surface area contributed by atoms with Crippen molar-refractivity contribution in [2.75, 3.05) is 13.2 Å². The number of carbonyl (C=O) groups is 1. The highest BCUT2D eigenvalue weighted by Gasteiger charge is 2.21. The van der Waals surface area contributed by atoms with E-state index in [1.165, 1.54) is 0 Å². The number of hydrogen-bond donors (Lipinski definition) is 2. The summed E-state index contributed by atoms with van der Waals surface area (Å²) in [5.41, 5.74) is 6.04. The number of pyridine rings is 1. The first-order valence-corrected chi connectivity index (χ1v) is 7.21. The van der Waals surface area contributed by atoms with Crippen LogP contribution in [0.3, 0.4) is 0 Å². The van der Waals surface area contributed by atoms with Gasteiger partial charge in [0, 0.05) is 18.3 Å². The smallest absolute Gasteiger partial charge is 0.407 e. The molecule has 0 fully saturated rings. The Kier molecular flexibility index (Phi) is 6.94. The second kappa shape index (κ2) is 8.46. The van der Waals surface area contributed by atoms with Gasteiger partial charge >= 0.3 is 6.09 Å². The molecule has 1 rings (SSSR count). The van der Waals surface area contributed by atoms with Crippen molar-refractivity contribution in [1.29, 1.82) is 0 Å². The molecular formula is C15H25N3O3. The van der Waals surface area contributed by atoms with Crippen LogP contribution in [0.15, 0.2) is 18.5 Å². The van der Waals surface area contributed by atoms with Crippen molar-refractivity contribution >= 4 is 6.09 Å². The van der Waals surface area contributed by atoms with E-state index in [0.717, 1.165) is 18.4 Å². The van der Waals surface area contributed by atoms with Crippen LogP contribution in [0.5, 0.6) is 5.75 Å². The minimum atomic E-state index is -0.449. The van der Waals surface area contributed by atoms with Gasteiger partial charge in [-0.2, -0.15) is 0 Å². The van der Waals surface area contributed by atoms with Crippen LogP contribution in [-0.4, -0.2) is 29.8 Å². The largest absolute Gasteiger partial charge is 0.490 e. The lowest BCUT2D eigenvalue weighted by atomic mass is 10.0. The number of hydrogen-bond acceptors (Lipinski definition) is 5. The molecule has 1 aromatic heterocycles. The molecule has 0 aliphatic heterocycles. The minimum absolute atomic E-state index is 0.335. The number of amides is 1. The van der Waals surface area contributed by atoms with E-state index >= 15 is 0 Å². The highest BCUT2D eigenvalue weighted by atomic mass is 16.6. The molecule has 0 bridgehead atoms. The summed E-state index contributed by atoms with van der Waals surface area (Å²) in [6, 6.07) is 1.81. The number of aromatic nitrogens is 1. The molecular weight excluding hydrogens is 270 g/mol. The molecule has 21 heavy (non-hydrogen) atoms. The van der Waals surface area contributed by atoms with Gasteiger partial charge in [-0.05, 0) is 26.3 Å². The summed E-state index contributed by atoms with van der Waals surface area (Å²) >= 11 is 0. The van der Waals surface area contributed by atoms with Crippen molar-refractivity contribution in [2.45, 2.75) is 45.8 Å². The van der Waals surface area contributed by atoms with Crippen LogP contribution >= 0.6 is 0 Å². The summed E-state index contributed by atoms with van der Waals surface area (Å²) < 4.78 is 10.9. The fourth-order valence-electron chi connectivity index (χ4n) is 1.96. The van der Waals surface area contributed by atoms with Crippen molar-refractivity contribution < 1.29 is 14.3 Å². The quantitative estimate of drug-likeness (QED) is 0.718. The van der Waals surface area contributed by atoms with E-state index in [1.807, 2.05) is 19.9 Å². The molecule has 6 heteroatoms. The maximum Gasteiger partial charge on any atom is 0.407 e. The van der Waals surface area contributed by atoms with Gasteiger partial charge < -0.3 is 20.5 Å². The van der Waals surface area contributed by atoms with Gasteiger partial charge in [0.15, 0.2) is 0 Å². The lowest BCUT2D eigenvalue weighted by molar-refractivity contribution is 0.0318. The van der Waals surface area contributed by atoms with Crippen molar-refractivity contribution in [3.8, 4) is 5.75 Å². The third-order valence-corrected chi connectivity index (χ3v) is 2.94. The molecule has 3 N–H and O–H groups in total. The fourth-order valence-corrected chi connectivity index (χ4v) is 1.96. The molecule has 0 radical (unpaired) electrons. The standard InChI is InChI=1S/C15H25N3O3/c1-4-6-15(2,3)21-14(19)18-8-9-20-13-11-17-7-5-12(13)10-16/h5,7,11H,4,6,8-10,16H2,1-3H3,(H,18,19). The fraction of sp³-hybridized carbons (Fsp3) is 0.600. The van der Waals surface area contributed by atoms with Gasteiger partial charge in [0.05, 0.1) is 12.7 Å². The molecule has 0 aliphatic rings. The highest BCUT2D eigenvalue weighted by molar-refractivity contribution is 5.67. The van der Waals surface area contributed by atoms with E-state index in [1.54, 1.807) is 12.4 Å². The SMILES string of the molecule is CCCC(C)(C)OC(=O)NCCOc1cnccc1CN. The van der Waals surface area contributed by atoms with E-state index in [4.69, 9.17) is 15.2 Å². The molecule has 118 valence electrons. The van der Waals surface area contributed by atoms with Crippen LogP contribution in [0, 0.1) is 0 Å². The van der Waals surface area contributed by atoms with Gasteiger partial charge in [-0.3, -0.25) is 4.98 Å². The van der Waals surface area contributed by atoms with Crippen molar-refractivity contribution in [1.82, 2.24) is 10.3 Å². The zero-order chi connectivity index (χ0) is 15.7. The van der Waals surface area contributed by atoms with Crippen LogP contribution in [0.1, 0.15) is 39.2 Å².